The summed E-state index contributed by atoms with van der Waals surface area (Å²) in [6.45, 7) is 2.30. The summed E-state index contributed by atoms with van der Waals surface area (Å²) in [7, 11) is 3.54. The number of benzene rings is 1. The van der Waals surface area contributed by atoms with E-state index < -0.39 is 17.5 Å². The third kappa shape index (κ3) is 2.91. The molecule has 0 spiro atoms. The van der Waals surface area contributed by atoms with Gasteiger partial charge in [0.2, 0.25) is 0 Å². The third-order valence-electron chi connectivity index (χ3n) is 6.18. The van der Waals surface area contributed by atoms with E-state index in [-0.39, 0.29) is 17.5 Å². The molecular weight excluding hydrogens is 419 g/mol. The smallest absolute Gasteiger partial charge is 0.256 e. The van der Waals surface area contributed by atoms with E-state index in [0.717, 1.165) is 28.6 Å². The largest absolute Gasteiger partial charge is 0.348 e. The summed E-state index contributed by atoms with van der Waals surface area (Å²) in [5.41, 5.74) is 3.64. The fourth-order valence-corrected chi connectivity index (χ4v) is 4.63. The van der Waals surface area contributed by atoms with Crippen LogP contribution in [0.15, 0.2) is 36.8 Å². The normalized spacial score (nSPS) is 15.9. The van der Waals surface area contributed by atoms with Crippen molar-refractivity contribution in [2.24, 2.45) is 14.1 Å². The van der Waals surface area contributed by atoms with Gasteiger partial charge in [-0.2, -0.15) is 5.10 Å². The predicted molar refractivity (Wildman–Crippen MR) is 112 cm³/mol. The van der Waals surface area contributed by atoms with Crippen LogP contribution in [0.5, 0.6) is 0 Å². The number of aryl methyl sites for hydroxylation is 2. The Morgan fingerprint density at radius 3 is 2.59 bits per heavy atom. The molecule has 6 nitrogen and oxygen atoms in total. The molecule has 0 radical (unpaired) electrons. The standard InChI is InChI=1S/C23H20F3N5O/c1-12-21-15(22(30(3)28-21)13-8-17(24)20(26)18(25)9-13)5-7-31(12)23(32)16-11-29(2)19-10-27-6-4-14(16)19/h4,6,8-12H,5,7H2,1-3H3. The number of hydrogen-bond acceptors (Lipinski definition) is 3. The van der Waals surface area contributed by atoms with Crippen molar-refractivity contribution in [3.8, 4) is 11.3 Å². The quantitative estimate of drug-likeness (QED) is 0.441. The molecule has 1 amide bonds. The number of pyridine rings is 1. The molecule has 1 aliphatic rings. The third-order valence-corrected chi connectivity index (χ3v) is 6.18. The second kappa shape index (κ2) is 7.22. The van der Waals surface area contributed by atoms with Crippen LogP contribution in [0.25, 0.3) is 22.2 Å². The number of aromatic nitrogens is 4. The van der Waals surface area contributed by atoms with Gasteiger partial charge in [-0.1, -0.05) is 0 Å². The molecule has 4 heterocycles. The van der Waals surface area contributed by atoms with Crippen molar-refractivity contribution >= 4 is 16.8 Å². The molecule has 0 aliphatic carbocycles. The molecule has 0 saturated heterocycles. The Morgan fingerprint density at radius 2 is 1.88 bits per heavy atom. The Bertz CT molecular complexity index is 1370. The Labute approximate surface area is 181 Å². The van der Waals surface area contributed by atoms with Crippen molar-refractivity contribution < 1.29 is 18.0 Å². The summed E-state index contributed by atoms with van der Waals surface area (Å²) >= 11 is 0. The van der Waals surface area contributed by atoms with Crippen LogP contribution >= 0.6 is 0 Å². The number of rotatable bonds is 2. The minimum Gasteiger partial charge on any atom is -0.348 e. The molecule has 0 bridgehead atoms. The van der Waals surface area contributed by atoms with Crippen LogP contribution < -0.4 is 0 Å². The molecular formula is C23H20F3N5O. The number of carbonyl (C=O) groups is 1. The number of hydrogen-bond donors (Lipinski definition) is 0. The van der Waals surface area contributed by atoms with E-state index in [0.29, 0.717) is 29.9 Å². The second-order valence-corrected chi connectivity index (χ2v) is 8.06. The van der Waals surface area contributed by atoms with Crippen molar-refractivity contribution in [2.75, 3.05) is 6.54 Å². The minimum absolute atomic E-state index is 0.119. The lowest BCUT2D eigenvalue weighted by Crippen LogP contribution is -2.38. The van der Waals surface area contributed by atoms with Gasteiger partial charge in [0.05, 0.1) is 34.7 Å². The van der Waals surface area contributed by atoms with Crippen molar-refractivity contribution in [3.05, 3.63) is 71.1 Å². The van der Waals surface area contributed by atoms with Crippen LogP contribution in [-0.4, -0.2) is 36.7 Å². The van der Waals surface area contributed by atoms with Gasteiger partial charge in [0.25, 0.3) is 5.91 Å². The second-order valence-electron chi connectivity index (χ2n) is 8.06. The van der Waals surface area contributed by atoms with Crippen molar-refractivity contribution in [3.63, 3.8) is 0 Å². The molecule has 0 saturated carbocycles. The molecule has 1 aromatic carbocycles. The summed E-state index contributed by atoms with van der Waals surface area (Å²) in [5, 5.41) is 5.38. The highest BCUT2D eigenvalue weighted by Crippen LogP contribution is 2.37. The molecule has 1 unspecified atom stereocenters. The van der Waals surface area contributed by atoms with Gasteiger partial charge in [0.15, 0.2) is 17.5 Å². The molecule has 164 valence electrons. The van der Waals surface area contributed by atoms with Crippen molar-refractivity contribution in [2.45, 2.75) is 19.4 Å². The Kier molecular flexibility index (Phi) is 4.58. The van der Waals surface area contributed by atoms with E-state index in [2.05, 4.69) is 10.1 Å². The highest BCUT2D eigenvalue weighted by atomic mass is 19.2. The molecule has 4 aromatic rings. The summed E-state index contributed by atoms with van der Waals surface area (Å²) in [6, 6.07) is 3.42. The average Bonchev–Trinajstić information content (AvgIpc) is 3.29. The highest BCUT2D eigenvalue weighted by Gasteiger charge is 2.34. The lowest BCUT2D eigenvalue weighted by atomic mass is 9.95. The molecule has 32 heavy (non-hydrogen) atoms. The van der Waals surface area contributed by atoms with E-state index in [1.165, 1.54) is 4.68 Å². The zero-order valence-corrected chi connectivity index (χ0v) is 17.7. The zero-order chi connectivity index (χ0) is 22.7. The first-order chi connectivity index (χ1) is 15.3. The minimum atomic E-state index is -1.50. The Balaban J connectivity index is 1.54. The van der Waals surface area contributed by atoms with Crippen LogP contribution in [0.2, 0.25) is 0 Å². The first-order valence-electron chi connectivity index (χ1n) is 10.2. The molecule has 1 atom stereocenters. The van der Waals surface area contributed by atoms with Gasteiger partial charge >= 0.3 is 0 Å². The molecule has 3 aromatic heterocycles. The number of carbonyl (C=O) groups excluding carboxylic acids is 1. The highest BCUT2D eigenvalue weighted by molar-refractivity contribution is 6.07. The van der Waals surface area contributed by atoms with Crippen LogP contribution in [0.4, 0.5) is 13.2 Å². The van der Waals surface area contributed by atoms with Crippen LogP contribution in [0.3, 0.4) is 0 Å². The maximum atomic E-state index is 13.9. The maximum Gasteiger partial charge on any atom is 0.256 e. The monoisotopic (exact) mass is 439 g/mol. The van der Waals surface area contributed by atoms with Gasteiger partial charge in [-0.3, -0.25) is 14.5 Å². The molecule has 0 N–H and O–H groups in total. The molecule has 0 fully saturated rings. The summed E-state index contributed by atoms with van der Waals surface area (Å²) in [4.78, 5) is 19.3. The number of amides is 1. The number of nitrogens with zero attached hydrogens (tertiary/aromatic N) is 5. The SMILES string of the molecule is CC1c2nn(C)c(-c3cc(F)c(F)c(F)c3)c2CCN1C(=O)c1cn(C)c2cnccc12. The Hall–Kier alpha value is -3.62. The zero-order valence-electron chi connectivity index (χ0n) is 17.7. The van der Waals surface area contributed by atoms with Gasteiger partial charge in [0, 0.05) is 49.5 Å². The lowest BCUT2D eigenvalue weighted by Gasteiger charge is -2.33. The topological polar surface area (TPSA) is 56.0 Å². The van der Waals surface area contributed by atoms with Crippen LogP contribution in [0, 0.1) is 17.5 Å². The number of fused-ring (bicyclic) bond motifs is 2. The Morgan fingerprint density at radius 1 is 1.16 bits per heavy atom. The van der Waals surface area contributed by atoms with Crippen LogP contribution in [-0.2, 0) is 20.5 Å². The van der Waals surface area contributed by atoms with Gasteiger partial charge in [-0.25, -0.2) is 13.2 Å². The predicted octanol–water partition coefficient (Wildman–Crippen LogP) is 4.15. The number of halogens is 3. The molecule has 5 rings (SSSR count). The van der Waals surface area contributed by atoms with Gasteiger partial charge < -0.3 is 9.47 Å². The van der Waals surface area contributed by atoms with Crippen molar-refractivity contribution in [1.82, 2.24) is 24.2 Å². The first-order valence-corrected chi connectivity index (χ1v) is 10.2. The summed E-state index contributed by atoms with van der Waals surface area (Å²) < 4.78 is 44.6. The van der Waals surface area contributed by atoms with E-state index in [9.17, 15) is 18.0 Å². The fourth-order valence-electron chi connectivity index (χ4n) is 4.63. The van der Waals surface area contributed by atoms with Gasteiger partial charge in [-0.15, -0.1) is 0 Å². The van der Waals surface area contributed by atoms with E-state index in [1.54, 1.807) is 30.5 Å². The fraction of sp³-hybridized carbons (Fsp3) is 0.261. The van der Waals surface area contributed by atoms with E-state index in [4.69, 9.17) is 0 Å². The first kappa shape index (κ1) is 20.3. The molecule has 9 heteroatoms. The average molecular weight is 439 g/mol. The van der Waals surface area contributed by atoms with Gasteiger partial charge in [-0.05, 0) is 31.5 Å². The maximum absolute atomic E-state index is 13.9. The van der Waals surface area contributed by atoms with Crippen molar-refractivity contribution in [1.29, 1.82) is 0 Å². The summed E-state index contributed by atoms with van der Waals surface area (Å²) in [6.07, 6.45) is 5.63. The summed E-state index contributed by atoms with van der Waals surface area (Å²) in [5.74, 6) is -4.12. The molecule has 1 aliphatic heterocycles. The van der Waals surface area contributed by atoms with Gasteiger partial charge in [0.1, 0.15) is 0 Å². The van der Waals surface area contributed by atoms with E-state index >= 15 is 0 Å². The van der Waals surface area contributed by atoms with E-state index in [1.807, 2.05) is 24.6 Å². The lowest BCUT2D eigenvalue weighted by molar-refractivity contribution is 0.0675. The van der Waals surface area contributed by atoms with Crippen LogP contribution in [0.1, 0.15) is 34.6 Å².